The smallest absolute Gasteiger partial charge is 0.338 e. The molecule has 1 amide bonds. The zero-order valence-corrected chi connectivity index (χ0v) is 13.9. The Kier molecular flexibility index (Phi) is 4.25. The fraction of sp³-hybridized carbons (Fsp3) is 0.118. The van der Waals surface area contributed by atoms with E-state index in [1.807, 2.05) is 18.2 Å². The first-order valence-corrected chi connectivity index (χ1v) is 7.85. The summed E-state index contributed by atoms with van der Waals surface area (Å²) >= 11 is 3.39. The van der Waals surface area contributed by atoms with E-state index >= 15 is 0 Å². The Hall–Kier alpha value is -2.47. The van der Waals surface area contributed by atoms with Crippen LogP contribution in [-0.4, -0.2) is 24.2 Å². The zero-order chi connectivity index (χ0) is 16.4. The summed E-state index contributed by atoms with van der Waals surface area (Å²) in [5.41, 5.74) is 2.88. The summed E-state index contributed by atoms with van der Waals surface area (Å²) in [6.07, 6.45) is 0. The molecule has 3 rings (SSSR count). The van der Waals surface area contributed by atoms with Crippen LogP contribution in [0.3, 0.4) is 0 Å². The van der Waals surface area contributed by atoms with Crippen molar-refractivity contribution in [1.29, 1.82) is 0 Å². The number of hydrogen-bond acceptors (Lipinski definition) is 4. The molecule has 0 atom stereocenters. The third-order valence-corrected chi connectivity index (χ3v) is 3.81. The van der Waals surface area contributed by atoms with Crippen LogP contribution in [0.2, 0.25) is 0 Å². The summed E-state index contributed by atoms with van der Waals surface area (Å²) in [5, 5.41) is 2.78. The van der Waals surface area contributed by atoms with Crippen molar-refractivity contribution in [1.82, 2.24) is 0 Å². The van der Waals surface area contributed by atoms with Crippen LogP contribution in [0.4, 0.5) is 11.4 Å². The number of ether oxygens (including phenoxy) is 1. The third kappa shape index (κ3) is 3.17. The molecule has 1 heterocycles. The molecule has 0 fully saturated rings. The molecule has 0 bridgehead atoms. The Morgan fingerprint density at radius 2 is 1.96 bits per heavy atom. The first kappa shape index (κ1) is 15.4. The number of fused-ring (bicyclic) bond motifs is 1. The van der Waals surface area contributed by atoms with E-state index in [0.717, 1.165) is 15.7 Å². The molecule has 0 aromatic heterocycles. The van der Waals surface area contributed by atoms with E-state index in [2.05, 4.69) is 26.2 Å². The summed E-state index contributed by atoms with van der Waals surface area (Å²) in [5.74, 6) is -0.618. The molecule has 0 spiro atoms. The minimum absolute atomic E-state index is 0.243. The molecule has 5 nitrogen and oxygen atoms in total. The Morgan fingerprint density at radius 1 is 1.22 bits per heavy atom. The normalized spacial score (nSPS) is 14.5. The second-order valence-corrected chi connectivity index (χ2v) is 5.79. The highest BCUT2D eigenvalue weighted by molar-refractivity contribution is 9.10. The minimum atomic E-state index is -0.375. The van der Waals surface area contributed by atoms with Crippen molar-refractivity contribution < 1.29 is 14.3 Å². The lowest BCUT2D eigenvalue weighted by molar-refractivity contribution is -0.110. The van der Waals surface area contributed by atoms with Gasteiger partial charge >= 0.3 is 5.97 Å². The van der Waals surface area contributed by atoms with Crippen LogP contribution in [0, 0.1) is 0 Å². The number of nitrogens with zero attached hydrogens (tertiary/aromatic N) is 1. The van der Waals surface area contributed by atoms with Gasteiger partial charge in [-0.25, -0.2) is 9.79 Å². The molecule has 1 aliphatic heterocycles. The Balaban J connectivity index is 1.92. The summed E-state index contributed by atoms with van der Waals surface area (Å²) in [4.78, 5) is 28.1. The Labute approximate surface area is 141 Å². The van der Waals surface area contributed by atoms with E-state index in [0.29, 0.717) is 23.6 Å². The lowest BCUT2D eigenvalue weighted by Crippen LogP contribution is -2.13. The molecule has 1 aliphatic rings. The van der Waals surface area contributed by atoms with Gasteiger partial charge in [0.15, 0.2) is 0 Å². The molecule has 23 heavy (non-hydrogen) atoms. The van der Waals surface area contributed by atoms with E-state index in [9.17, 15) is 9.59 Å². The van der Waals surface area contributed by atoms with Gasteiger partial charge in [0.1, 0.15) is 5.71 Å². The molecule has 0 radical (unpaired) electrons. The zero-order valence-electron chi connectivity index (χ0n) is 12.3. The van der Waals surface area contributed by atoms with Gasteiger partial charge in [0.2, 0.25) is 0 Å². The number of benzene rings is 2. The topological polar surface area (TPSA) is 67.8 Å². The molecule has 116 valence electrons. The van der Waals surface area contributed by atoms with Gasteiger partial charge in [0.05, 0.1) is 23.5 Å². The summed E-state index contributed by atoms with van der Waals surface area (Å²) in [6.45, 7) is 2.08. The first-order valence-electron chi connectivity index (χ1n) is 7.05. The number of amides is 1. The average Bonchev–Trinajstić information content (AvgIpc) is 2.84. The lowest BCUT2D eigenvalue weighted by atomic mass is 10.1. The molecule has 0 saturated carbocycles. The van der Waals surface area contributed by atoms with Crippen molar-refractivity contribution in [3.8, 4) is 0 Å². The molecule has 0 aliphatic carbocycles. The second kappa shape index (κ2) is 6.34. The van der Waals surface area contributed by atoms with Crippen molar-refractivity contribution in [3.63, 3.8) is 0 Å². The van der Waals surface area contributed by atoms with Gasteiger partial charge in [0.25, 0.3) is 5.91 Å². The number of hydrogen-bond donors (Lipinski definition) is 1. The van der Waals surface area contributed by atoms with Crippen LogP contribution in [0.15, 0.2) is 51.9 Å². The van der Waals surface area contributed by atoms with E-state index in [4.69, 9.17) is 4.74 Å². The van der Waals surface area contributed by atoms with Gasteiger partial charge < -0.3 is 10.1 Å². The highest BCUT2D eigenvalue weighted by Gasteiger charge is 2.26. The number of carbonyl (C=O) groups excluding carboxylic acids is 2. The lowest BCUT2D eigenvalue weighted by Gasteiger charge is -2.02. The van der Waals surface area contributed by atoms with Crippen molar-refractivity contribution >= 4 is 44.9 Å². The molecular weight excluding hydrogens is 360 g/mol. The summed E-state index contributed by atoms with van der Waals surface area (Å²) in [7, 11) is 0. The van der Waals surface area contributed by atoms with Crippen molar-refractivity contribution in [2.24, 2.45) is 4.99 Å². The largest absolute Gasteiger partial charge is 0.462 e. The van der Waals surface area contributed by atoms with Gasteiger partial charge in [-0.15, -0.1) is 0 Å². The van der Waals surface area contributed by atoms with Crippen molar-refractivity contribution in [2.75, 3.05) is 11.9 Å². The maximum Gasteiger partial charge on any atom is 0.338 e. The van der Waals surface area contributed by atoms with E-state index in [1.165, 1.54) is 0 Å². The number of rotatable bonds is 3. The van der Waals surface area contributed by atoms with E-state index < -0.39 is 0 Å². The highest BCUT2D eigenvalue weighted by Crippen LogP contribution is 2.28. The highest BCUT2D eigenvalue weighted by atomic mass is 79.9. The number of halogens is 1. The van der Waals surface area contributed by atoms with Crippen LogP contribution in [0.5, 0.6) is 0 Å². The Morgan fingerprint density at radius 3 is 2.65 bits per heavy atom. The molecule has 2 aromatic rings. The SMILES string of the molecule is CCOC(=O)c1ccc(N=C2C(=O)Nc3ccc(Br)cc32)cc1. The minimum Gasteiger partial charge on any atom is -0.462 e. The predicted octanol–water partition coefficient (Wildman–Crippen LogP) is 3.70. The fourth-order valence-corrected chi connectivity index (χ4v) is 2.61. The summed E-state index contributed by atoms with van der Waals surface area (Å²) < 4.78 is 5.81. The number of esters is 1. The number of nitrogens with one attached hydrogen (secondary N) is 1. The third-order valence-electron chi connectivity index (χ3n) is 3.32. The summed E-state index contributed by atoms with van der Waals surface area (Å²) in [6, 6.07) is 12.2. The number of anilines is 1. The maximum atomic E-state index is 12.1. The van der Waals surface area contributed by atoms with Crippen molar-refractivity contribution in [3.05, 3.63) is 58.1 Å². The average molecular weight is 373 g/mol. The van der Waals surface area contributed by atoms with Crippen LogP contribution in [-0.2, 0) is 9.53 Å². The van der Waals surface area contributed by atoms with Gasteiger partial charge in [0, 0.05) is 10.0 Å². The second-order valence-electron chi connectivity index (χ2n) is 4.87. The number of carbonyl (C=O) groups is 2. The van der Waals surface area contributed by atoms with Gasteiger partial charge in [-0.05, 0) is 49.4 Å². The van der Waals surface area contributed by atoms with Gasteiger partial charge in [-0.3, -0.25) is 4.79 Å². The van der Waals surface area contributed by atoms with Crippen molar-refractivity contribution in [2.45, 2.75) is 6.92 Å². The quantitative estimate of drug-likeness (QED) is 0.835. The van der Waals surface area contributed by atoms with E-state index in [-0.39, 0.29) is 11.9 Å². The molecule has 0 saturated heterocycles. The van der Waals surface area contributed by atoms with Crippen LogP contribution in [0.1, 0.15) is 22.8 Å². The molecular formula is C17H13BrN2O3. The molecule has 0 unspecified atom stereocenters. The van der Waals surface area contributed by atoms with Crippen LogP contribution in [0.25, 0.3) is 0 Å². The molecule has 2 aromatic carbocycles. The van der Waals surface area contributed by atoms with Gasteiger partial charge in [-0.1, -0.05) is 15.9 Å². The fourth-order valence-electron chi connectivity index (χ4n) is 2.25. The molecule has 6 heteroatoms. The van der Waals surface area contributed by atoms with Crippen LogP contribution < -0.4 is 5.32 Å². The van der Waals surface area contributed by atoms with Crippen LogP contribution >= 0.6 is 15.9 Å². The van der Waals surface area contributed by atoms with E-state index in [1.54, 1.807) is 31.2 Å². The predicted molar refractivity (Wildman–Crippen MR) is 91.4 cm³/mol. The standard InChI is InChI=1S/C17H13BrN2O3/c1-2-23-17(22)10-3-6-12(7-4-10)19-15-13-9-11(18)5-8-14(13)20-16(15)21/h3-9H,2H2,1H3,(H,19,20,21). The first-order chi connectivity index (χ1) is 11.1. The maximum absolute atomic E-state index is 12.1. The molecule has 1 N–H and O–H groups in total. The number of aliphatic imine (C=N–C) groups is 1. The monoisotopic (exact) mass is 372 g/mol. The van der Waals surface area contributed by atoms with Gasteiger partial charge in [-0.2, -0.15) is 0 Å². The Bertz CT molecular complexity index is 813.